The van der Waals surface area contributed by atoms with E-state index in [2.05, 4.69) is 6.07 Å². The Bertz CT molecular complexity index is 972. The van der Waals surface area contributed by atoms with E-state index in [-0.39, 0.29) is 25.7 Å². The molecule has 0 spiro atoms. The minimum absolute atomic E-state index is 0.00854. The largest absolute Gasteiger partial charge is 0.462 e. The summed E-state index contributed by atoms with van der Waals surface area (Å²) in [5.74, 6) is -0.569. The second kappa shape index (κ2) is 11.8. The minimum Gasteiger partial charge on any atom is -0.462 e. The zero-order valence-electron chi connectivity index (χ0n) is 18.8. The molecule has 0 aliphatic rings. The average Bonchev–Trinajstić information content (AvgIpc) is 2.80. The maximum atomic E-state index is 12.3. The van der Waals surface area contributed by atoms with Crippen molar-refractivity contribution in [2.45, 2.75) is 27.2 Å². The molecule has 2 aromatic carbocycles. The lowest BCUT2D eigenvalue weighted by atomic mass is 9.82. The molecule has 0 bridgehead atoms. The molecule has 1 atom stereocenters. The third kappa shape index (κ3) is 7.36. The van der Waals surface area contributed by atoms with E-state index in [0.29, 0.717) is 17.9 Å². The SMILES string of the molecule is CC(C)CC(C)(CN)C(=O)OCCOC(=O)/C=C/c1ccc(-c2ccc(C#N)cc2)cc1. The maximum absolute atomic E-state index is 12.3. The fourth-order valence-corrected chi connectivity index (χ4v) is 3.34. The molecule has 32 heavy (non-hydrogen) atoms. The Labute approximate surface area is 189 Å². The number of nitrogens with two attached hydrogens (primary N) is 1. The molecule has 0 aliphatic carbocycles. The minimum atomic E-state index is -0.734. The average molecular weight is 435 g/mol. The predicted octanol–water partition coefficient (Wildman–Crippen LogP) is 4.34. The van der Waals surface area contributed by atoms with E-state index in [1.165, 1.54) is 6.08 Å². The van der Waals surface area contributed by atoms with E-state index in [1.807, 2.05) is 50.2 Å². The molecule has 0 saturated carbocycles. The van der Waals surface area contributed by atoms with E-state index >= 15 is 0 Å². The molecule has 0 radical (unpaired) electrons. The van der Waals surface area contributed by atoms with Gasteiger partial charge in [-0.3, -0.25) is 4.79 Å². The molecule has 0 fully saturated rings. The molecule has 0 aliphatic heterocycles. The van der Waals surface area contributed by atoms with Gasteiger partial charge in [0, 0.05) is 12.6 Å². The summed E-state index contributed by atoms with van der Waals surface area (Å²) in [7, 11) is 0. The number of hydrogen-bond donors (Lipinski definition) is 1. The van der Waals surface area contributed by atoms with Crippen molar-refractivity contribution in [1.82, 2.24) is 0 Å². The van der Waals surface area contributed by atoms with Crippen LogP contribution in [0.25, 0.3) is 17.2 Å². The molecule has 0 aromatic heterocycles. The molecule has 1 unspecified atom stereocenters. The second-order valence-electron chi connectivity index (χ2n) is 8.31. The molecule has 2 N–H and O–H groups in total. The van der Waals surface area contributed by atoms with Gasteiger partial charge in [0.05, 0.1) is 17.0 Å². The van der Waals surface area contributed by atoms with Gasteiger partial charge in [-0.05, 0) is 54.2 Å². The van der Waals surface area contributed by atoms with Crippen molar-refractivity contribution in [3.05, 3.63) is 65.7 Å². The van der Waals surface area contributed by atoms with E-state index < -0.39 is 11.4 Å². The number of benzene rings is 2. The first-order valence-corrected chi connectivity index (χ1v) is 10.6. The van der Waals surface area contributed by atoms with Crippen LogP contribution in [0, 0.1) is 22.7 Å². The summed E-state index contributed by atoms with van der Waals surface area (Å²) < 4.78 is 10.3. The zero-order chi connectivity index (χ0) is 23.6. The summed E-state index contributed by atoms with van der Waals surface area (Å²) in [4.78, 5) is 24.2. The third-order valence-electron chi connectivity index (χ3n) is 5.03. The van der Waals surface area contributed by atoms with Crippen molar-refractivity contribution in [3.63, 3.8) is 0 Å². The predicted molar refractivity (Wildman–Crippen MR) is 124 cm³/mol. The van der Waals surface area contributed by atoms with Crippen LogP contribution < -0.4 is 5.73 Å². The summed E-state index contributed by atoms with van der Waals surface area (Å²) in [5.41, 5.74) is 8.50. The number of ether oxygens (including phenoxy) is 2. The summed E-state index contributed by atoms with van der Waals surface area (Å²) in [6, 6.07) is 17.1. The quantitative estimate of drug-likeness (QED) is 0.339. The normalized spacial score (nSPS) is 12.9. The second-order valence-corrected chi connectivity index (χ2v) is 8.31. The van der Waals surface area contributed by atoms with Crippen molar-refractivity contribution in [1.29, 1.82) is 5.26 Å². The first-order valence-electron chi connectivity index (χ1n) is 10.6. The molecule has 0 amide bonds. The highest BCUT2D eigenvalue weighted by atomic mass is 16.6. The van der Waals surface area contributed by atoms with Crippen LogP contribution in [0.3, 0.4) is 0 Å². The van der Waals surface area contributed by atoms with E-state index in [4.69, 9.17) is 20.5 Å². The van der Waals surface area contributed by atoms with Crippen molar-refractivity contribution < 1.29 is 19.1 Å². The van der Waals surface area contributed by atoms with Gasteiger partial charge >= 0.3 is 11.9 Å². The number of nitriles is 1. The first-order chi connectivity index (χ1) is 15.3. The van der Waals surface area contributed by atoms with Gasteiger partial charge in [0.1, 0.15) is 13.2 Å². The molecule has 2 rings (SSSR count). The molecule has 0 heterocycles. The fraction of sp³-hybridized carbons (Fsp3) is 0.346. The highest BCUT2D eigenvalue weighted by Gasteiger charge is 2.34. The Balaban J connectivity index is 1.80. The van der Waals surface area contributed by atoms with Crippen LogP contribution in [0.15, 0.2) is 54.6 Å². The standard InChI is InChI=1S/C26H30N2O4/c1-19(2)16-26(3,18-28)25(30)32-15-14-31-24(29)13-8-20-4-9-22(10-5-20)23-11-6-21(17-27)7-12-23/h4-13,19H,14-16,18,28H2,1-3H3/b13-8+. The number of esters is 2. The van der Waals surface area contributed by atoms with Gasteiger partial charge < -0.3 is 15.2 Å². The third-order valence-corrected chi connectivity index (χ3v) is 5.03. The fourth-order valence-electron chi connectivity index (χ4n) is 3.34. The van der Waals surface area contributed by atoms with Crippen LogP contribution in [0.1, 0.15) is 38.3 Å². The maximum Gasteiger partial charge on any atom is 0.330 e. The lowest BCUT2D eigenvalue weighted by Gasteiger charge is -2.27. The molecule has 2 aromatic rings. The molecular weight excluding hydrogens is 404 g/mol. The summed E-state index contributed by atoms with van der Waals surface area (Å²) in [6.07, 6.45) is 3.63. The van der Waals surface area contributed by atoms with Crippen molar-refractivity contribution >= 4 is 18.0 Å². The smallest absolute Gasteiger partial charge is 0.330 e. The van der Waals surface area contributed by atoms with Gasteiger partial charge in [-0.15, -0.1) is 0 Å². The van der Waals surface area contributed by atoms with Crippen molar-refractivity contribution in [2.75, 3.05) is 19.8 Å². The molecule has 0 saturated heterocycles. The number of nitrogens with zero attached hydrogens (tertiary/aromatic N) is 1. The van der Waals surface area contributed by atoms with Crippen LogP contribution in [0.2, 0.25) is 0 Å². The monoisotopic (exact) mass is 434 g/mol. The number of carbonyl (C=O) groups excluding carboxylic acids is 2. The number of hydrogen-bond acceptors (Lipinski definition) is 6. The summed E-state index contributed by atoms with van der Waals surface area (Å²) >= 11 is 0. The number of carbonyl (C=O) groups is 2. The lowest BCUT2D eigenvalue weighted by Crippen LogP contribution is -2.39. The molecule has 168 valence electrons. The Morgan fingerprint density at radius 1 is 1.03 bits per heavy atom. The zero-order valence-corrected chi connectivity index (χ0v) is 18.8. The Morgan fingerprint density at radius 2 is 1.59 bits per heavy atom. The van der Waals surface area contributed by atoms with Gasteiger partial charge in [-0.25, -0.2) is 4.79 Å². The van der Waals surface area contributed by atoms with Gasteiger partial charge in [-0.2, -0.15) is 5.26 Å². The molecular formula is C26H30N2O4. The Kier molecular flexibility index (Phi) is 9.18. The van der Waals surface area contributed by atoms with Gasteiger partial charge in [0.2, 0.25) is 0 Å². The molecule has 6 nitrogen and oxygen atoms in total. The van der Waals surface area contributed by atoms with Crippen LogP contribution >= 0.6 is 0 Å². The van der Waals surface area contributed by atoms with Crippen molar-refractivity contribution in [2.24, 2.45) is 17.1 Å². The first kappa shape index (κ1) is 24.8. The van der Waals surface area contributed by atoms with Crippen LogP contribution in [0.4, 0.5) is 0 Å². The van der Waals surface area contributed by atoms with Crippen LogP contribution in [-0.4, -0.2) is 31.7 Å². The van der Waals surface area contributed by atoms with Gasteiger partial charge in [0.25, 0.3) is 0 Å². The summed E-state index contributed by atoms with van der Waals surface area (Å²) in [5, 5.41) is 8.88. The Morgan fingerprint density at radius 3 is 2.12 bits per heavy atom. The van der Waals surface area contributed by atoms with E-state index in [9.17, 15) is 9.59 Å². The number of rotatable bonds is 10. The lowest BCUT2D eigenvalue weighted by molar-refractivity contribution is -0.159. The van der Waals surface area contributed by atoms with E-state index in [1.54, 1.807) is 25.1 Å². The summed E-state index contributed by atoms with van der Waals surface area (Å²) in [6.45, 7) is 6.01. The van der Waals surface area contributed by atoms with E-state index in [0.717, 1.165) is 16.7 Å². The van der Waals surface area contributed by atoms with Gasteiger partial charge in [-0.1, -0.05) is 50.2 Å². The van der Waals surface area contributed by atoms with Crippen LogP contribution in [0.5, 0.6) is 0 Å². The van der Waals surface area contributed by atoms with Crippen molar-refractivity contribution in [3.8, 4) is 17.2 Å². The van der Waals surface area contributed by atoms with Crippen LogP contribution in [-0.2, 0) is 19.1 Å². The highest BCUT2D eigenvalue weighted by Crippen LogP contribution is 2.26. The van der Waals surface area contributed by atoms with Gasteiger partial charge in [0.15, 0.2) is 0 Å². The highest BCUT2D eigenvalue weighted by molar-refractivity contribution is 5.87. The topological polar surface area (TPSA) is 102 Å². The Hall–Kier alpha value is -3.43. The molecule has 6 heteroatoms.